The lowest BCUT2D eigenvalue weighted by atomic mass is 10.2. The molecule has 7 heteroatoms. The van der Waals surface area contributed by atoms with E-state index in [9.17, 15) is 8.42 Å². The first-order chi connectivity index (χ1) is 8.95. The van der Waals surface area contributed by atoms with Crippen LogP contribution in [0.25, 0.3) is 0 Å². The van der Waals surface area contributed by atoms with Crippen LogP contribution < -0.4 is 10.0 Å². The zero-order chi connectivity index (χ0) is 14.0. The molecule has 0 atom stereocenters. The number of nitrogens with zero attached hydrogens (tertiary/aromatic N) is 3. The molecule has 2 N–H and O–H groups in total. The Bertz CT molecular complexity index is 661. The highest BCUT2D eigenvalue weighted by Gasteiger charge is 2.23. The molecule has 0 bridgehead atoms. The predicted octanol–water partition coefficient (Wildman–Crippen LogP) is 0.704. The van der Waals surface area contributed by atoms with Gasteiger partial charge in [-0.15, -0.1) is 0 Å². The lowest BCUT2D eigenvalue weighted by Gasteiger charge is -2.18. The minimum Gasteiger partial charge on any atom is -0.339 e. The van der Waals surface area contributed by atoms with Gasteiger partial charge in [0.15, 0.2) is 5.03 Å². The van der Waals surface area contributed by atoms with E-state index in [4.69, 9.17) is 5.73 Å². The highest BCUT2D eigenvalue weighted by molar-refractivity contribution is 7.92. The fourth-order valence-electron chi connectivity index (χ4n) is 1.64. The van der Waals surface area contributed by atoms with Crippen LogP contribution in [0.1, 0.15) is 5.56 Å². The molecule has 19 heavy (non-hydrogen) atoms. The fourth-order valence-corrected chi connectivity index (χ4v) is 2.80. The summed E-state index contributed by atoms with van der Waals surface area (Å²) in [6.45, 7) is 0.428. The Hall–Kier alpha value is -1.86. The average Bonchev–Trinajstić information content (AvgIpc) is 2.85. The minimum absolute atomic E-state index is 0.0281. The van der Waals surface area contributed by atoms with E-state index in [1.165, 1.54) is 23.9 Å². The average molecular weight is 280 g/mol. The van der Waals surface area contributed by atoms with Gasteiger partial charge in [0.25, 0.3) is 10.0 Å². The summed E-state index contributed by atoms with van der Waals surface area (Å²) in [6, 6.07) is 7.06. The molecule has 102 valence electrons. The van der Waals surface area contributed by atoms with Crippen molar-refractivity contribution < 1.29 is 8.42 Å². The molecule has 0 aliphatic carbocycles. The number of nitrogens with two attached hydrogens (primary N) is 1. The van der Waals surface area contributed by atoms with Gasteiger partial charge in [0.1, 0.15) is 0 Å². The highest BCUT2D eigenvalue weighted by atomic mass is 32.2. The maximum Gasteiger partial charge on any atom is 0.283 e. The second-order valence-corrected chi connectivity index (χ2v) is 6.14. The van der Waals surface area contributed by atoms with Gasteiger partial charge < -0.3 is 10.3 Å². The smallest absolute Gasteiger partial charge is 0.283 e. The monoisotopic (exact) mass is 280 g/mol. The summed E-state index contributed by atoms with van der Waals surface area (Å²) in [6.07, 6.45) is 2.93. The van der Waals surface area contributed by atoms with Gasteiger partial charge in [-0.05, 0) is 17.7 Å². The molecule has 0 saturated carbocycles. The third-order valence-corrected chi connectivity index (χ3v) is 4.51. The van der Waals surface area contributed by atoms with E-state index in [-0.39, 0.29) is 5.03 Å². The van der Waals surface area contributed by atoms with E-state index < -0.39 is 10.0 Å². The lowest BCUT2D eigenvalue weighted by Crippen LogP contribution is -2.26. The SMILES string of the molecule is CN(c1ccc(CN)cc1)S(=O)(=O)c1cn(C)cn1. The third kappa shape index (κ3) is 2.61. The third-order valence-electron chi connectivity index (χ3n) is 2.84. The van der Waals surface area contributed by atoms with Crippen LogP contribution in [-0.2, 0) is 23.6 Å². The Morgan fingerprint density at radius 1 is 1.32 bits per heavy atom. The minimum atomic E-state index is -3.62. The van der Waals surface area contributed by atoms with Crippen LogP contribution >= 0.6 is 0 Å². The quantitative estimate of drug-likeness (QED) is 0.894. The van der Waals surface area contributed by atoms with E-state index in [1.807, 2.05) is 0 Å². The van der Waals surface area contributed by atoms with Gasteiger partial charge in [-0.1, -0.05) is 12.1 Å². The summed E-state index contributed by atoms with van der Waals surface area (Å²) < 4.78 is 27.5. The Kier molecular flexibility index (Phi) is 3.59. The number of rotatable bonds is 4. The summed E-state index contributed by atoms with van der Waals surface area (Å²) in [7, 11) is -0.395. The summed E-state index contributed by atoms with van der Waals surface area (Å²) in [4.78, 5) is 3.88. The molecule has 2 aromatic rings. The second kappa shape index (κ2) is 5.02. The van der Waals surface area contributed by atoms with Crippen LogP contribution in [0.4, 0.5) is 5.69 Å². The van der Waals surface area contributed by atoms with Gasteiger partial charge in [0, 0.05) is 26.8 Å². The summed E-state index contributed by atoms with van der Waals surface area (Å²) in [5.41, 5.74) is 7.03. The van der Waals surface area contributed by atoms with Crippen LogP contribution in [0.5, 0.6) is 0 Å². The van der Waals surface area contributed by atoms with Crippen molar-refractivity contribution in [3.8, 4) is 0 Å². The van der Waals surface area contributed by atoms with Gasteiger partial charge in [0.2, 0.25) is 0 Å². The van der Waals surface area contributed by atoms with Gasteiger partial charge in [-0.3, -0.25) is 4.31 Å². The Balaban J connectivity index is 2.34. The Labute approximate surface area is 112 Å². The van der Waals surface area contributed by atoms with Crippen LogP contribution in [-0.4, -0.2) is 25.0 Å². The molecular weight excluding hydrogens is 264 g/mol. The largest absolute Gasteiger partial charge is 0.339 e. The number of benzene rings is 1. The molecule has 0 saturated heterocycles. The molecule has 0 aliphatic rings. The van der Waals surface area contributed by atoms with Crippen LogP contribution in [0, 0.1) is 0 Å². The van der Waals surface area contributed by atoms with Crippen molar-refractivity contribution in [2.75, 3.05) is 11.4 Å². The van der Waals surface area contributed by atoms with Gasteiger partial charge in [0.05, 0.1) is 12.0 Å². The lowest BCUT2D eigenvalue weighted by molar-refractivity contribution is 0.591. The summed E-state index contributed by atoms with van der Waals surface area (Å²) >= 11 is 0. The maximum atomic E-state index is 12.3. The number of aromatic nitrogens is 2. The van der Waals surface area contributed by atoms with Crippen molar-refractivity contribution in [2.24, 2.45) is 12.8 Å². The zero-order valence-corrected chi connectivity index (χ0v) is 11.6. The van der Waals surface area contributed by atoms with E-state index in [0.717, 1.165) is 5.56 Å². The number of anilines is 1. The van der Waals surface area contributed by atoms with Crippen LogP contribution in [0.2, 0.25) is 0 Å². The fraction of sp³-hybridized carbons (Fsp3) is 0.250. The molecular formula is C12H16N4O2S. The topological polar surface area (TPSA) is 81.2 Å². The van der Waals surface area contributed by atoms with Gasteiger partial charge in [-0.2, -0.15) is 8.42 Å². The molecule has 6 nitrogen and oxygen atoms in total. The number of hydrogen-bond acceptors (Lipinski definition) is 4. The molecule has 0 unspecified atom stereocenters. The maximum absolute atomic E-state index is 12.3. The molecule has 1 aromatic carbocycles. The first kappa shape index (κ1) is 13.6. The summed E-state index contributed by atoms with van der Waals surface area (Å²) in [5.74, 6) is 0. The number of aryl methyl sites for hydroxylation is 1. The Morgan fingerprint density at radius 2 is 1.95 bits per heavy atom. The second-order valence-electron chi connectivity index (χ2n) is 4.22. The van der Waals surface area contributed by atoms with E-state index in [2.05, 4.69) is 4.98 Å². The van der Waals surface area contributed by atoms with Crippen molar-refractivity contribution >= 4 is 15.7 Å². The number of imidazole rings is 1. The van der Waals surface area contributed by atoms with Crippen molar-refractivity contribution in [1.82, 2.24) is 9.55 Å². The van der Waals surface area contributed by atoms with Crippen molar-refractivity contribution in [3.05, 3.63) is 42.4 Å². The van der Waals surface area contributed by atoms with E-state index in [1.54, 1.807) is 35.9 Å². The van der Waals surface area contributed by atoms with Crippen LogP contribution in [0.15, 0.2) is 41.8 Å². The first-order valence-electron chi connectivity index (χ1n) is 5.71. The van der Waals surface area contributed by atoms with Crippen LogP contribution in [0.3, 0.4) is 0 Å². The standard InChI is InChI=1S/C12H16N4O2S/c1-15-8-12(14-9-15)19(17,18)16(2)11-5-3-10(7-13)4-6-11/h3-6,8-9H,7,13H2,1-2H3. The molecule has 0 spiro atoms. The van der Waals surface area contributed by atoms with E-state index >= 15 is 0 Å². The van der Waals surface area contributed by atoms with Gasteiger partial charge >= 0.3 is 0 Å². The van der Waals surface area contributed by atoms with Crippen molar-refractivity contribution in [2.45, 2.75) is 11.6 Å². The molecule has 0 amide bonds. The molecule has 2 rings (SSSR count). The molecule has 0 radical (unpaired) electrons. The summed E-state index contributed by atoms with van der Waals surface area (Å²) in [5, 5.41) is 0.0281. The molecule has 0 fully saturated rings. The first-order valence-corrected chi connectivity index (χ1v) is 7.15. The van der Waals surface area contributed by atoms with E-state index in [0.29, 0.717) is 12.2 Å². The Morgan fingerprint density at radius 3 is 2.42 bits per heavy atom. The van der Waals surface area contributed by atoms with Gasteiger partial charge in [-0.25, -0.2) is 4.98 Å². The number of hydrogen-bond donors (Lipinski definition) is 1. The molecule has 1 heterocycles. The molecule has 1 aromatic heterocycles. The van der Waals surface area contributed by atoms with Crippen molar-refractivity contribution in [3.63, 3.8) is 0 Å². The zero-order valence-electron chi connectivity index (χ0n) is 10.8. The number of sulfonamides is 1. The highest BCUT2D eigenvalue weighted by Crippen LogP contribution is 2.21. The molecule has 0 aliphatic heterocycles. The van der Waals surface area contributed by atoms with Crippen molar-refractivity contribution in [1.29, 1.82) is 0 Å². The normalized spacial score (nSPS) is 11.5. The predicted molar refractivity (Wildman–Crippen MR) is 73.1 cm³/mol.